The molecule has 1 amide bonds. The average molecular weight is 322 g/mol. The Morgan fingerprint density at radius 2 is 2.05 bits per heavy atom. The van der Waals surface area contributed by atoms with Crippen LogP contribution in [-0.4, -0.2) is 5.91 Å². The minimum Gasteiger partial charge on any atom is -0.349 e. The Bertz CT molecular complexity index is 635. The molecule has 0 aliphatic rings. The van der Waals surface area contributed by atoms with Gasteiger partial charge in [0.2, 0.25) is 5.91 Å². The molecule has 2 rings (SSSR count). The van der Waals surface area contributed by atoms with Crippen molar-refractivity contribution in [3.63, 3.8) is 0 Å². The summed E-state index contributed by atoms with van der Waals surface area (Å²) >= 11 is 7.43. The van der Waals surface area contributed by atoms with E-state index < -0.39 is 0 Å². The number of carbonyl (C=O) groups is 1. The van der Waals surface area contributed by atoms with Gasteiger partial charge in [-0.2, -0.15) is 0 Å². The Morgan fingerprint density at radius 3 is 2.67 bits per heavy atom. The highest BCUT2D eigenvalue weighted by molar-refractivity contribution is 7.16. The van der Waals surface area contributed by atoms with Gasteiger partial charge in [-0.3, -0.25) is 4.79 Å². The van der Waals surface area contributed by atoms with E-state index in [-0.39, 0.29) is 11.9 Å². The van der Waals surface area contributed by atoms with Crippen LogP contribution in [0.1, 0.15) is 41.0 Å². The first-order valence-electron chi connectivity index (χ1n) is 7.06. The van der Waals surface area contributed by atoms with Crippen LogP contribution in [0.3, 0.4) is 0 Å². The van der Waals surface area contributed by atoms with Crippen molar-refractivity contribution in [1.29, 1.82) is 0 Å². The predicted molar refractivity (Wildman–Crippen MR) is 90.1 cm³/mol. The van der Waals surface area contributed by atoms with Crippen LogP contribution in [0.4, 0.5) is 0 Å². The number of halogens is 1. The molecule has 1 aromatic heterocycles. The Labute approximate surface area is 135 Å². The van der Waals surface area contributed by atoms with E-state index in [0.29, 0.717) is 6.42 Å². The monoisotopic (exact) mass is 321 g/mol. The first kappa shape index (κ1) is 16.1. The van der Waals surface area contributed by atoms with Gasteiger partial charge in [-0.1, -0.05) is 35.4 Å². The van der Waals surface area contributed by atoms with Crippen molar-refractivity contribution in [3.05, 3.63) is 56.2 Å². The highest BCUT2D eigenvalue weighted by Gasteiger charge is 2.12. The molecule has 1 N–H and O–H groups in total. The summed E-state index contributed by atoms with van der Waals surface area (Å²) in [5.41, 5.74) is 3.74. The van der Waals surface area contributed by atoms with E-state index >= 15 is 0 Å². The van der Waals surface area contributed by atoms with E-state index in [1.165, 1.54) is 28.0 Å². The van der Waals surface area contributed by atoms with Crippen LogP contribution in [0.15, 0.2) is 30.3 Å². The van der Waals surface area contributed by atoms with Crippen molar-refractivity contribution in [2.24, 2.45) is 0 Å². The summed E-state index contributed by atoms with van der Waals surface area (Å²) in [6.07, 6.45) is 1.28. The van der Waals surface area contributed by atoms with Crippen molar-refractivity contribution < 1.29 is 4.79 Å². The molecule has 21 heavy (non-hydrogen) atoms. The molecule has 0 aliphatic heterocycles. The van der Waals surface area contributed by atoms with E-state index in [0.717, 1.165) is 15.6 Å². The quantitative estimate of drug-likeness (QED) is 0.839. The Balaban J connectivity index is 1.87. The molecule has 1 aromatic carbocycles. The van der Waals surface area contributed by atoms with Gasteiger partial charge in [-0.05, 0) is 50.5 Å². The van der Waals surface area contributed by atoms with Crippen molar-refractivity contribution in [3.8, 4) is 0 Å². The first-order valence-corrected chi connectivity index (χ1v) is 8.26. The summed E-state index contributed by atoms with van der Waals surface area (Å²) < 4.78 is 0.751. The van der Waals surface area contributed by atoms with Gasteiger partial charge < -0.3 is 5.32 Å². The molecule has 0 saturated heterocycles. The van der Waals surface area contributed by atoms with Crippen molar-refractivity contribution >= 4 is 28.8 Å². The highest BCUT2D eigenvalue weighted by Crippen LogP contribution is 2.26. The number of benzene rings is 1. The van der Waals surface area contributed by atoms with Gasteiger partial charge in [0, 0.05) is 11.3 Å². The van der Waals surface area contributed by atoms with Gasteiger partial charge in [0.25, 0.3) is 0 Å². The van der Waals surface area contributed by atoms with E-state index in [1.54, 1.807) is 0 Å². The fourth-order valence-corrected chi connectivity index (χ4v) is 3.38. The molecule has 2 nitrogen and oxygen atoms in total. The molecule has 4 heteroatoms. The van der Waals surface area contributed by atoms with E-state index in [9.17, 15) is 4.79 Å². The number of aryl methyl sites for hydroxylation is 3. The van der Waals surface area contributed by atoms with Crippen LogP contribution >= 0.6 is 22.9 Å². The molecular formula is C17H20ClNOS. The van der Waals surface area contributed by atoms with Crippen LogP contribution in [0.25, 0.3) is 0 Å². The second kappa shape index (κ2) is 7.10. The molecule has 1 atom stereocenters. The number of hydrogen-bond donors (Lipinski definition) is 1. The molecule has 2 aromatic rings. The van der Waals surface area contributed by atoms with Crippen LogP contribution in [0.5, 0.6) is 0 Å². The summed E-state index contributed by atoms with van der Waals surface area (Å²) in [5, 5.41) is 3.02. The SMILES string of the molecule is Cc1ccc(CCC(=O)NC(C)c2ccc(Cl)s2)c(C)c1. The fraction of sp³-hybridized carbons (Fsp3) is 0.353. The van der Waals surface area contributed by atoms with Gasteiger partial charge >= 0.3 is 0 Å². The first-order chi connectivity index (χ1) is 9.95. The zero-order valence-electron chi connectivity index (χ0n) is 12.6. The molecule has 0 bridgehead atoms. The second-order valence-corrected chi connectivity index (χ2v) is 7.11. The van der Waals surface area contributed by atoms with Crippen LogP contribution in [-0.2, 0) is 11.2 Å². The zero-order valence-corrected chi connectivity index (χ0v) is 14.1. The maximum Gasteiger partial charge on any atom is 0.220 e. The fourth-order valence-electron chi connectivity index (χ4n) is 2.32. The van der Waals surface area contributed by atoms with Gasteiger partial charge in [0.15, 0.2) is 0 Å². The number of nitrogens with one attached hydrogen (secondary N) is 1. The van der Waals surface area contributed by atoms with Crippen LogP contribution in [0, 0.1) is 13.8 Å². The van der Waals surface area contributed by atoms with Crippen molar-refractivity contribution in [2.75, 3.05) is 0 Å². The molecule has 1 unspecified atom stereocenters. The lowest BCUT2D eigenvalue weighted by molar-refractivity contribution is -0.121. The van der Waals surface area contributed by atoms with Gasteiger partial charge in [-0.15, -0.1) is 11.3 Å². The Hall–Kier alpha value is -1.32. The lowest BCUT2D eigenvalue weighted by atomic mass is 10.0. The van der Waals surface area contributed by atoms with E-state index in [4.69, 9.17) is 11.6 Å². The third kappa shape index (κ3) is 4.58. The number of hydrogen-bond acceptors (Lipinski definition) is 2. The van der Waals surface area contributed by atoms with Crippen LogP contribution < -0.4 is 5.32 Å². The minimum absolute atomic E-state index is 0.00844. The molecule has 0 spiro atoms. The molecule has 0 radical (unpaired) electrons. The largest absolute Gasteiger partial charge is 0.349 e. The van der Waals surface area contributed by atoms with Gasteiger partial charge in [0.1, 0.15) is 0 Å². The van der Waals surface area contributed by atoms with Crippen molar-refractivity contribution in [2.45, 2.75) is 39.7 Å². The maximum atomic E-state index is 12.0. The molecule has 0 aliphatic carbocycles. The Morgan fingerprint density at radius 1 is 1.29 bits per heavy atom. The number of amides is 1. The molecule has 0 saturated carbocycles. The topological polar surface area (TPSA) is 29.1 Å². The summed E-state index contributed by atoms with van der Waals surface area (Å²) in [7, 11) is 0. The predicted octanol–water partition coefficient (Wildman–Crippen LogP) is 4.83. The summed E-state index contributed by atoms with van der Waals surface area (Å²) in [4.78, 5) is 13.1. The number of thiophene rings is 1. The summed E-state index contributed by atoms with van der Waals surface area (Å²) in [6, 6.07) is 10.2. The third-order valence-corrected chi connectivity index (χ3v) is 4.93. The molecular weight excluding hydrogens is 302 g/mol. The molecule has 1 heterocycles. The minimum atomic E-state index is 0.00844. The highest BCUT2D eigenvalue weighted by atomic mass is 35.5. The maximum absolute atomic E-state index is 12.0. The van der Waals surface area contributed by atoms with E-state index in [2.05, 4.69) is 37.4 Å². The Kier molecular flexibility index (Phi) is 5.43. The normalized spacial score (nSPS) is 12.2. The van der Waals surface area contributed by atoms with E-state index in [1.807, 2.05) is 19.1 Å². The lowest BCUT2D eigenvalue weighted by Crippen LogP contribution is -2.26. The second-order valence-electron chi connectivity index (χ2n) is 5.36. The lowest BCUT2D eigenvalue weighted by Gasteiger charge is -2.13. The molecule has 0 fully saturated rings. The summed E-state index contributed by atoms with van der Waals surface area (Å²) in [5.74, 6) is 0.0759. The number of carbonyl (C=O) groups excluding carboxylic acids is 1. The average Bonchev–Trinajstić information content (AvgIpc) is 2.84. The summed E-state index contributed by atoms with van der Waals surface area (Å²) in [6.45, 7) is 6.16. The van der Waals surface area contributed by atoms with Gasteiger partial charge in [0.05, 0.1) is 10.4 Å². The van der Waals surface area contributed by atoms with Crippen LogP contribution in [0.2, 0.25) is 4.34 Å². The van der Waals surface area contributed by atoms with Crippen molar-refractivity contribution in [1.82, 2.24) is 5.32 Å². The smallest absolute Gasteiger partial charge is 0.220 e. The molecule has 112 valence electrons. The standard InChI is InChI=1S/C17H20ClNOS/c1-11-4-5-14(12(2)10-11)6-9-17(20)19-13(3)15-7-8-16(18)21-15/h4-5,7-8,10,13H,6,9H2,1-3H3,(H,19,20). The van der Waals surface area contributed by atoms with Gasteiger partial charge in [-0.25, -0.2) is 0 Å². The zero-order chi connectivity index (χ0) is 15.4. The number of rotatable bonds is 5. The third-order valence-electron chi connectivity index (χ3n) is 3.52.